The van der Waals surface area contributed by atoms with Crippen molar-refractivity contribution >= 4 is 35.4 Å². The Kier molecular flexibility index (Phi) is 7.27. The molecule has 2 saturated carbocycles. The van der Waals surface area contributed by atoms with Gasteiger partial charge in [-0.05, 0) is 62.3 Å². The zero-order valence-electron chi connectivity index (χ0n) is 17.0. The Morgan fingerprint density at radius 1 is 0.968 bits per heavy atom. The monoisotopic (exact) mass is 483 g/mol. The van der Waals surface area contributed by atoms with E-state index in [0.717, 1.165) is 44.1 Å². The summed E-state index contributed by atoms with van der Waals surface area (Å²) in [6.45, 7) is 0.0212. The molecular formula is C19H29ClF3N5O2S. The van der Waals surface area contributed by atoms with E-state index in [4.69, 9.17) is 11.6 Å². The maximum Gasteiger partial charge on any atom is 0.393 e. The molecule has 176 valence electrons. The van der Waals surface area contributed by atoms with E-state index in [1.807, 2.05) is 0 Å². The van der Waals surface area contributed by atoms with Crippen molar-refractivity contribution in [1.82, 2.24) is 26.2 Å². The number of fused-ring (bicyclic) bond motifs is 1. The molecule has 31 heavy (non-hydrogen) atoms. The Balaban J connectivity index is 1.28. The molecule has 0 aromatic heterocycles. The van der Waals surface area contributed by atoms with Crippen molar-refractivity contribution in [1.29, 1.82) is 0 Å². The average Bonchev–Trinajstić information content (AvgIpc) is 3.33. The molecule has 2 amide bonds. The summed E-state index contributed by atoms with van der Waals surface area (Å²) in [7, 11) is 0. The molecule has 0 bridgehead atoms. The van der Waals surface area contributed by atoms with Crippen molar-refractivity contribution in [3.8, 4) is 0 Å². The number of alkyl halides is 4. The number of carbonyl (C=O) groups is 2. The van der Waals surface area contributed by atoms with Gasteiger partial charge in [0.05, 0.1) is 11.8 Å². The van der Waals surface area contributed by atoms with E-state index in [9.17, 15) is 22.8 Å². The highest BCUT2D eigenvalue weighted by molar-refractivity contribution is 7.98. The number of hydrazine groups is 1. The van der Waals surface area contributed by atoms with E-state index in [-0.39, 0.29) is 36.8 Å². The molecule has 4 rings (SSSR count). The Hall–Kier alpha value is -0.750. The van der Waals surface area contributed by atoms with Crippen LogP contribution in [0.4, 0.5) is 13.2 Å². The molecular weight excluding hydrogens is 455 g/mol. The molecule has 0 spiro atoms. The van der Waals surface area contributed by atoms with Gasteiger partial charge in [-0.15, -0.1) is 11.6 Å². The van der Waals surface area contributed by atoms with E-state index in [0.29, 0.717) is 11.8 Å². The molecule has 2 aliphatic heterocycles. The molecule has 4 fully saturated rings. The molecule has 0 radical (unpaired) electrons. The fourth-order valence-corrected chi connectivity index (χ4v) is 6.55. The fraction of sp³-hybridized carbons (Fsp3) is 0.895. The molecule has 2 saturated heterocycles. The van der Waals surface area contributed by atoms with Gasteiger partial charge in [0.15, 0.2) is 0 Å². The van der Waals surface area contributed by atoms with Crippen molar-refractivity contribution < 1.29 is 22.8 Å². The highest BCUT2D eigenvalue weighted by atomic mass is 35.5. The van der Waals surface area contributed by atoms with Gasteiger partial charge in [0.2, 0.25) is 11.8 Å². The van der Waals surface area contributed by atoms with Gasteiger partial charge < -0.3 is 16.0 Å². The number of hydrogen-bond acceptors (Lipinski definition) is 6. The summed E-state index contributed by atoms with van der Waals surface area (Å²) in [6, 6.07) is -0.615. The van der Waals surface area contributed by atoms with E-state index < -0.39 is 35.3 Å². The molecule has 8 atom stereocenters. The minimum absolute atomic E-state index is 0.0864. The van der Waals surface area contributed by atoms with Gasteiger partial charge in [0.25, 0.3) is 0 Å². The Bertz CT molecular complexity index is 687. The van der Waals surface area contributed by atoms with Crippen LogP contribution < -0.4 is 26.2 Å². The molecule has 12 heteroatoms. The predicted octanol–water partition coefficient (Wildman–Crippen LogP) is 1.64. The molecule has 0 aromatic carbocycles. The third-order valence-electron chi connectivity index (χ3n) is 7.05. The van der Waals surface area contributed by atoms with Crippen molar-refractivity contribution in [2.45, 2.75) is 67.5 Å². The van der Waals surface area contributed by atoms with Crippen LogP contribution in [0.2, 0.25) is 0 Å². The van der Waals surface area contributed by atoms with E-state index in [1.54, 1.807) is 0 Å². The number of amides is 2. The first kappa shape index (κ1) is 23.4. The fourth-order valence-electron chi connectivity index (χ4n) is 5.37. The van der Waals surface area contributed by atoms with Crippen LogP contribution in [0.25, 0.3) is 0 Å². The lowest BCUT2D eigenvalue weighted by Gasteiger charge is -2.31. The second-order valence-electron chi connectivity index (χ2n) is 9.21. The van der Waals surface area contributed by atoms with Gasteiger partial charge in [-0.1, -0.05) is 0 Å². The summed E-state index contributed by atoms with van der Waals surface area (Å²) in [6.07, 6.45) is 0.383. The zero-order valence-corrected chi connectivity index (χ0v) is 18.6. The Morgan fingerprint density at radius 2 is 1.74 bits per heavy atom. The van der Waals surface area contributed by atoms with Crippen LogP contribution in [-0.4, -0.2) is 53.9 Å². The van der Waals surface area contributed by atoms with Gasteiger partial charge >= 0.3 is 6.18 Å². The largest absolute Gasteiger partial charge is 0.393 e. The van der Waals surface area contributed by atoms with Crippen molar-refractivity contribution in [3.05, 3.63) is 0 Å². The molecule has 7 unspecified atom stereocenters. The summed E-state index contributed by atoms with van der Waals surface area (Å²) in [4.78, 5) is 28.3. The first-order valence-electron chi connectivity index (χ1n) is 10.9. The smallest absolute Gasteiger partial charge is 0.352 e. The Morgan fingerprint density at radius 3 is 2.52 bits per heavy atom. The van der Waals surface area contributed by atoms with Crippen LogP contribution in [0, 0.1) is 23.7 Å². The van der Waals surface area contributed by atoms with E-state index >= 15 is 0 Å². The summed E-state index contributed by atoms with van der Waals surface area (Å²) in [5.74, 6) is -1.87. The van der Waals surface area contributed by atoms with Crippen molar-refractivity contribution in [3.63, 3.8) is 0 Å². The Labute approximate surface area is 188 Å². The number of carbonyl (C=O) groups excluding carboxylic acids is 2. The average molecular weight is 484 g/mol. The van der Waals surface area contributed by atoms with Crippen LogP contribution in [-0.2, 0) is 9.59 Å². The number of piperidine rings is 1. The first-order chi connectivity index (χ1) is 14.7. The summed E-state index contributed by atoms with van der Waals surface area (Å²) in [5, 5.41) is 8.16. The second-order valence-corrected chi connectivity index (χ2v) is 10.8. The SMILES string of the molecule is O=C(NC1SNNC1C(=O)N[C@H]1CC2CCC(Cl)CC2C1)C1CNCC(C(F)(F)F)C1. The highest BCUT2D eigenvalue weighted by Gasteiger charge is 2.45. The van der Waals surface area contributed by atoms with Gasteiger partial charge in [-0.2, -0.15) is 18.0 Å². The molecule has 0 aromatic rings. The highest BCUT2D eigenvalue weighted by Crippen LogP contribution is 2.43. The lowest BCUT2D eigenvalue weighted by molar-refractivity contribution is -0.182. The van der Waals surface area contributed by atoms with Gasteiger partial charge in [-0.3, -0.25) is 9.59 Å². The molecule has 7 nitrogen and oxygen atoms in total. The van der Waals surface area contributed by atoms with Crippen LogP contribution in [0.1, 0.15) is 38.5 Å². The minimum atomic E-state index is -4.33. The molecule has 5 N–H and O–H groups in total. The van der Waals surface area contributed by atoms with Crippen molar-refractivity contribution in [2.75, 3.05) is 13.1 Å². The number of rotatable bonds is 4. The summed E-state index contributed by atoms with van der Waals surface area (Å²) in [5.41, 5.74) is 2.86. The van der Waals surface area contributed by atoms with E-state index in [2.05, 4.69) is 26.2 Å². The summed E-state index contributed by atoms with van der Waals surface area (Å²) >= 11 is 7.43. The van der Waals surface area contributed by atoms with Crippen LogP contribution in [0.5, 0.6) is 0 Å². The molecule has 4 aliphatic rings. The van der Waals surface area contributed by atoms with Gasteiger partial charge in [-0.25, -0.2) is 5.43 Å². The van der Waals surface area contributed by atoms with Crippen molar-refractivity contribution in [2.24, 2.45) is 23.7 Å². The lowest BCUT2D eigenvalue weighted by atomic mass is 9.82. The van der Waals surface area contributed by atoms with Gasteiger partial charge in [0, 0.05) is 24.5 Å². The second kappa shape index (κ2) is 9.62. The third kappa shape index (κ3) is 5.61. The number of hydrogen-bond donors (Lipinski definition) is 5. The topological polar surface area (TPSA) is 94.3 Å². The molecule has 2 aliphatic carbocycles. The number of halogens is 4. The van der Waals surface area contributed by atoms with Crippen LogP contribution >= 0.6 is 23.5 Å². The van der Waals surface area contributed by atoms with E-state index in [1.165, 1.54) is 0 Å². The maximum atomic E-state index is 13.0. The number of nitrogens with one attached hydrogen (secondary N) is 5. The maximum absolute atomic E-state index is 13.0. The standard InChI is InChI=1S/C19H29ClF3N5O2S/c20-13-2-1-9-5-14(6-10(9)4-13)25-17(30)15-18(31-28-27-15)26-16(29)11-3-12(8-24-7-11)19(21,22)23/h9-15,18,24,27-28H,1-8H2,(H,25,30)(H,26,29)/t9?,10?,11?,12?,13?,14-,15?,18?/m0/s1. The zero-order chi connectivity index (χ0) is 22.2. The quantitative estimate of drug-likeness (QED) is 0.308. The lowest BCUT2D eigenvalue weighted by Crippen LogP contribution is -2.56. The predicted molar refractivity (Wildman–Crippen MR) is 112 cm³/mol. The minimum Gasteiger partial charge on any atom is -0.352 e. The normalized spacial score (nSPS) is 40.9. The van der Waals surface area contributed by atoms with Gasteiger partial charge in [0.1, 0.15) is 11.4 Å². The first-order valence-corrected chi connectivity index (χ1v) is 12.2. The third-order valence-corrected chi connectivity index (χ3v) is 8.33. The van der Waals surface area contributed by atoms with Crippen LogP contribution in [0.15, 0.2) is 0 Å². The summed E-state index contributed by atoms with van der Waals surface area (Å²) < 4.78 is 39.1. The molecule has 2 heterocycles. The van der Waals surface area contributed by atoms with Crippen LogP contribution in [0.3, 0.4) is 0 Å².